The topological polar surface area (TPSA) is 66.4 Å². The number of carbonyl (C=O) groups excluding carboxylic acids is 1. The Hall–Kier alpha value is -1.84. The van der Waals surface area contributed by atoms with Crippen molar-refractivity contribution in [2.75, 3.05) is 5.32 Å². The van der Waals surface area contributed by atoms with Gasteiger partial charge in [-0.25, -0.2) is 0 Å². The molecular weight excluding hydrogens is 278 g/mol. The molecule has 1 saturated carbocycles. The molecule has 1 aromatic carbocycles. The number of amides is 1. The van der Waals surface area contributed by atoms with Gasteiger partial charge in [-0.3, -0.25) is 9.59 Å². The summed E-state index contributed by atoms with van der Waals surface area (Å²) in [6.07, 6.45) is 5.37. The summed E-state index contributed by atoms with van der Waals surface area (Å²) >= 11 is 0. The van der Waals surface area contributed by atoms with Crippen molar-refractivity contribution in [3.63, 3.8) is 0 Å². The van der Waals surface area contributed by atoms with E-state index in [4.69, 9.17) is 5.11 Å². The van der Waals surface area contributed by atoms with Crippen LogP contribution in [0.4, 0.5) is 5.69 Å². The minimum atomic E-state index is -0.844. The Bertz CT molecular complexity index is 524. The van der Waals surface area contributed by atoms with Crippen LogP contribution in [0.2, 0.25) is 0 Å². The maximum atomic E-state index is 12.1. The van der Waals surface area contributed by atoms with E-state index >= 15 is 0 Å². The molecule has 1 aliphatic carbocycles. The maximum Gasteiger partial charge on any atom is 0.310 e. The number of rotatable bonds is 5. The summed E-state index contributed by atoms with van der Waals surface area (Å²) in [6.45, 7) is 3.91. The van der Waals surface area contributed by atoms with Gasteiger partial charge in [0, 0.05) is 12.1 Å². The monoisotopic (exact) mass is 303 g/mol. The van der Waals surface area contributed by atoms with Crippen molar-refractivity contribution in [1.29, 1.82) is 0 Å². The van der Waals surface area contributed by atoms with E-state index in [9.17, 15) is 9.59 Å². The average molecular weight is 303 g/mol. The lowest BCUT2D eigenvalue weighted by Gasteiger charge is -2.26. The second-order valence-electron chi connectivity index (χ2n) is 6.57. The zero-order chi connectivity index (χ0) is 16.1. The molecule has 1 aliphatic rings. The predicted octanol–water partition coefficient (Wildman–Crippen LogP) is 4.03. The molecule has 2 rings (SSSR count). The van der Waals surface area contributed by atoms with Crippen LogP contribution in [0.15, 0.2) is 24.3 Å². The van der Waals surface area contributed by atoms with E-state index in [1.54, 1.807) is 31.2 Å². The average Bonchev–Trinajstić information content (AvgIpc) is 2.47. The molecule has 0 spiro atoms. The first-order valence-corrected chi connectivity index (χ1v) is 8.08. The molecule has 0 heterocycles. The molecule has 2 N–H and O–H groups in total. The summed E-state index contributed by atoms with van der Waals surface area (Å²) < 4.78 is 0. The third kappa shape index (κ3) is 4.58. The van der Waals surface area contributed by atoms with Gasteiger partial charge in [0.2, 0.25) is 5.91 Å². The van der Waals surface area contributed by atoms with E-state index in [0.717, 1.165) is 30.0 Å². The number of aliphatic carboxylic acids is 1. The fourth-order valence-electron chi connectivity index (χ4n) is 3.22. The number of nitrogens with one attached hydrogen (secondary N) is 1. The molecule has 0 aromatic heterocycles. The van der Waals surface area contributed by atoms with Gasteiger partial charge in [0.1, 0.15) is 0 Å². The number of hydrogen-bond acceptors (Lipinski definition) is 2. The molecule has 1 aromatic rings. The molecule has 0 radical (unpaired) electrons. The third-order valence-corrected chi connectivity index (χ3v) is 4.58. The van der Waals surface area contributed by atoms with Crippen LogP contribution in [0.1, 0.15) is 57.4 Å². The lowest BCUT2D eigenvalue weighted by molar-refractivity contribution is -0.138. The SMILES string of the molecule is CC1CCCC(CC(=O)Nc2ccc(C(C)C(=O)O)cc2)C1. The van der Waals surface area contributed by atoms with Gasteiger partial charge in [-0.05, 0) is 49.3 Å². The van der Waals surface area contributed by atoms with Crippen molar-refractivity contribution in [3.05, 3.63) is 29.8 Å². The highest BCUT2D eigenvalue weighted by Gasteiger charge is 2.21. The minimum absolute atomic E-state index is 0.0538. The molecule has 0 saturated heterocycles. The van der Waals surface area contributed by atoms with Gasteiger partial charge >= 0.3 is 5.97 Å². The normalized spacial score (nSPS) is 22.8. The quantitative estimate of drug-likeness (QED) is 0.863. The number of carboxylic acid groups (broad SMARTS) is 1. The van der Waals surface area contributed by atoms with Crippen LogP contribution in [-0.4, -0.2) is 17.0 Å². The number of benzene rings is 1. The molecule has 1 amide bonds. The standard InChI is InChI=1S/C18H25NO3/c1-12-4-3-5-14(10-12)11-17(20)19-16-8-6-15(7-9-16)13(2)18(21)22/h6-9,12-14H,3-5,10-11H2,1-2H3,(H,19,20)(H,21,22). The van der Waals surface area contributed by atoms with Crippen LogP contribution in [0.3, 0.4) is 0 Å². The molecule has 1 fully saturated rings. The van der Waals surface area contributed by atoms with Crippen molar-refractivity contribution in [1.82, 2.24) is 0 Å². The van der Waals surface area contributed by atoms with Gasteiger partial charge in [-0.1, -0.05) is 31.9 Å². The van der Waals surface area contributed by atoms with Crippen LogP contribution in [-0.2, 0) is 9.59 Å². The first-order valence-electron chi connectivity index (χ1n) is 8.08. The summed E-state index contributed by atoms with van der Waals surface area (Å²) in [6, 6.07) is 7.07. The zero-order valence-corrected chi connectivity index (χ0v) is 13.3. The van der Waals surface area contributed by atoms with Crippen LogP contribution < -0.4 is 5.32 Å². The summed E-state index contributed by atoms with van der Waals surface area (Å²) in [5, 5.41) is 11.9. The number of hydrogen-bond donors (Lipinski definition) is 2. The molecule has 4 nitrogen and oxygen atoms in total. The molecule has 0 aliphatic heterocycles. The highest BCUT2D eigenvalue weighted by molar-refractivity contribution is 5.91. The maximum absolute atomic E-state index is 12.1. The molecule has 22 heavy (non-hydrogen) atoms. The van der Waals surface area contributed by atoms with Crippen LogP contribution >= 0.6 is 0 Å². The van der Waals surface area contributed by atoms with E-state index in [2.05, 4.69) is 12.2 Å². The van der Waals surface area contributed by atoms with Crippen molar-refractivity contribution in [2.24, 2.45) is 11.8 Å². The highest BCUT2D eigenvalue weighted by Crippen LogP contribution is 2.31. The number of carbonyl (C=O) groups is 2. The lowest BCUT2D eigenvalue weighted by Crippen LogP contribution is -2.21. The van der Waals surface area contributed by atoms with Gasteiger partial charge in [0.05, 0.1) is 5.92 Å². The fraction of sp³-hybridized carbons (Fsp3) is 0.556. The summed E-state index contributed by atoms with van der Waals surface area (Å²) in [5.41, 5.74) is 1.47. The second kappa shape index (κ2) is 7.43. The molecule has 3 atom stereocenters. The molecule has 120 valence electrons. The van der Waals surface area contributed by atoms with Crippen molar-refractivity contribution >= 4 is 17.6 Å². The minimum Gasteiger partial charge on any atom is -0.481 e. The Morgan fingerprint density at radius 3 is 2.55 bits per heavy atom. The Kier molecular flexibility index (Phi) is 5.58. The molecule has 4 heteroatoms. The summed E-state index contributed by atoms with van der Waals surface area (Å²) in [4.78, 5) is 23.0. The smallest absolute Gasteiger partial charge is 0.310 e. The first kappa shape index (κ1) is 16.5. The van der Waals surface area contributed by atoms with Crippen molar-refractivity contribution in [3.8, 4) is 0 Å². The van der Waals surface area contributed by atoms with Gasteiger partial charge in [0.15, 0.2) is 0 Å². The second-order valence-corrected chi connectivity index (χ2v) is 6.57. The molecule has 3 unspecified atom stereocenters. The van der Waals surface area contributed by atoms with E-state index in [0.29, 0.717) is 12.3 Å². The highest BCUT2D eigenvalue weighted by atomic mass is 16.4. The van der Waals surface area contributed by atoms with E-state index in [-0.39, 0.29) is 5.91 Å². The Morgan fingerprint density at radius 1 is 1.27 bits per heavy atom. The van der Waals surface area contributed by atoms with E-state index in [1.807, 2.05) is 0 Å². The fourth-order valence-corrected chi connectivity index (χ4v) is 3.22. The van der Waals surface area contributed by atoms with Gasteiger partial charge in [-0.15, -0.1) is 0 Å². The van der Waals surface area contributed by atoms with E-state index < -0.39 is 11.9 Å². The largest absolute Gasteiger partial charge is 0.481 e. The third-order valence-electron chi connectivity index (χ3n) is 4.58. The van der Waals surface area contributed by atoms with Crippen LogP contribution in [0.5, 0.6) is 0 Å². The van der Waals surface area contributed by atoms with Crippen LogP contribution in [0, 0.1) is 11.8 Å². The molecule has 0 bridgehead atoms. The van der Waals surface area contributed by atoms with Crippen molar-refractivity contribution in [2.45, 2.75) is 51.9 Å². The molecular formula is C18H25NO3. The zero-order valence-electron chi connectivity index (χ0n) is 13.3. The van der Waals surface area contributed by atoms with E-state index in [1.165, 1.54) is 12.8 Å². The summed E-state index contributed by atoms with van der Waals surface area (Å²) in [7, 11) is 0. The number of anilines is 1. The number of carboxylic acids is 1. The van der Waals surface area contributed by atoms with Gasteiger partial charge < -0.3 is 10.4 Å². The van der Waals surface area contributed by atoms with Crippen molar-refractivity contribution < 1.29 is 14.7 Å². The van der Waals surface area contributed by atoms with Gasteiger partial charge in [-0.2, -0.15) is 0 Å². The predicted molar refractivity (Wildman–Crippen MR) is 86.9 cm³/mol. The van der Waals surface area contributed by atoms with Crippen LogP contribution in [0.25, 0.3) is 0 Å². The van der Waals surface area contributed by atoms with Gasteiger partial charge in [0.25, 0.3) is 0 Å². The Labute approximate surface area is 131 Å². The Morgan fingerprint density at radius 2 is 1.95 bits per heavy atom. The first-order chi connectivity index (χ1) is 10.5. The summed E-state index contributed by atoms with van der Waals surface area (Å²) in [5.74, 6) is -0.104. The Balaban J connectivity index is 1.87. The lowest BCUT2D eigenvalue weighted by atomic mass is 9.81.